The van der Waals surface area contributed by atoms with Crippen molar-refractivity contribution in [2.75, 3.05) is 18.5 Å². The van der Waals surface area contributed by atoms with E-state index in [1.54, 1.807) is 11.5 Å². The third-order valence-corrected chi connectivity index (χ3v) is 4.31. The molecule has 0 saturated carbocycles. The minimum Gasteiger partial charge on any atom is -0.393 e. The second-order valence-electron chi connectivity index (χ2n) is 4.89. The number of anilines is 1. The highest BCUT2D eigenvalue weighted by molar-refractivity contribution is 7.16. The number of aliphatic hydroxyl groups is 1. The second-order valence-corrected chi connectivity index (χ2v) is 5.30. The molecule has 0 radical (unpaired) electrons. The summed E-state index contributed by atoms with van der Waals surface area (Å²) in [7, 11) is 2.58. The lowest BCUT2D eigenvalue weighted by atomic mass is 10.0. The number of imidazole rings is 1. The molecule has 8 nitrogen and oxygen atoms in total. The van der Waals surface area contributed by atoms with Crippen molar-refractivity contribution in [3.63, 3.8) is 0 Å². The molecule has 130 valence electrons. The highest BCUT2D eigenvalue weighted by Crippen LogP contribution is 2.26. The highest BCUT2D eigenvalue weighted by atomic mass is 31.0. The van der Waals surface area contributed by atoms with E-state index in [2.05, 4.69) is 24.2 Å². The van der Waals surface area contributed by atoms with E-state index in [0.717, 1.165) is 0 Å². The van der Waals surface area contributed by atoms with Crippen LogP contribution in [0.2, 0.25) is 0 Å². The third-order valence-electron chi connectivity index (χ3n) is 3.57. The first-order valence-electron chi connectivity index (χ1n) is 7.67. The predicted molar refractivity (Wildman–Crippen MR) is 94.4 cm³/mol. The summed E-state index contributed by atoms with van der Waals surface area (Å²) in [6.45, 7) is 7.65. The SMILES string of the molecule is CC.CC[C@@](CO)(CP)O[C@H](C)n1cnc2c(=O)[nH]c(N)nc21. The van der Waals surface area contributed by atoms with E-state index in [1.807, 2.05) is 20.8 Å². The van der Waals surface area contributed by atoms with Gasteiger partial charge in [0.25, 0.3) is 5.56 Å². The number of hydrogen-bond donors (Lipinski definition) is 3. The Morgan fingerprint density at radius 2 is 2.22 bits per heavy atom. The second kappa shape index (κ2) is 8.38. The van der Waals surface area contributed by atoms with Crippen molar-refractivity contribution in [1.29, 1.82) is 0 Å². The number of ether oxygens (including phenoxy) is 1. The van der Waals surface area contributed by atoms with Crippen LogP contribution in [0.4, 0.5) is 5.95 Å². The Morgan fingerprint density at radius 3 is 2.74 bits per heavy atom. The molecule has 0 aliphatic rings. The molecular weight excluding hydrogens is 317 g/mol. The molecule has 3 atom stereocenters. The maximum Gasteiger partial charge on any atom is 0.280 e. The maximum atomic E-state index is 11.8. The van der Waals surface area contributed by atoms with Crippen LogP contribution < -0.4 is 11.3 Å². The number of nitrogens with two attached hydrogens (primary N) is 1. The van der Waals surface area contributed by atoms with Crippen LogP contribution in [0.15, 0.2) is 11.1 Å². The normalized spacial score (nSPS) is 14.9. The lowest BCUT2D eigenvalue weighted by Gasteiger charge is -2.33. The Hall–Kier alpha value is -1.50. The average molecular weight is 343 g/mol. The molecule has 0 amide bonds. The largest absolute Gasteiger partial charge is 0.393 e. The van der Waals surface area contributed by atoms with Crippen LogP contribution in [0.5, 0.6) is 0 Å². The summed E-state index contributed by atoms with van der Waals surface area (Å²) in [5.41, 5.74) is 5.08. The summed E-state index contributed by atoms with van der Waals surface area (Å²) in [6, 6.07) is 0. The zero-order chi connectivity index (χ0) is 17.6. The summed E-state index contributed by atoms with van der Waals surface area (Å²) >= 11 is 0. The monoisotopic (exact) mass is 343 g/mol. The molecule has 0 aliphatic heterocycles. The number of H-pyrrole nitrogens is 1. The lowest BCUT2D eigenvalue weighted by molar-refractivity contribution is -0.128. The number of nitrogen functional groups attached to an aromatic ring is 1. The van der Waals surface area contributed by atoms with Gasteiger partial charge in [-0.05, 0) is 19.5 Å². The van der Waals surface area contributed by atoms with Gasteiger partial charge in [0.1, 0.15) is 6.23 Å². The number of nitrogens with one attached hydrogen (secondary N) is 1. The van der Waals surface area contributed by atoms with Crippen molar-refractivity contribution in [3.05, 3.63) is 16.7 Å². The Morgan fingerprint density at radius 1 is 1.57 bits per heavy atom. The van der Waals surface area contributed by atoms with Gasteiger partial charge in [-0.2, -0.15) is 4.98 Å². The van der Waals surface area contributed by atoms with Crippen molar-refractivity contribution in [1.82, 2.24) is 19.5 Å². The van der Waals surface area contributed by atoms with E-state index in [0.29, 0.717) is 18.2 Å². The molecule has 2 rings (SSSR count). The number of aliphatic hydroxyl groups excluding tert-OH is 1. The summed E-state index contributed by atoms with van der Waals surface area (Å²) < 4.78 is 7.60. The molecule has 0 bridgehead atoms. The van der Waals surface area contributed by atoms with Crippen LogP contribution in [0.3, 0.4) is 0 Å². The standard InChI is InChI=1S/C12H20N5O3P.C2H6/c1-3-12(4-18,5-21)20-7(2)17-6-14-8-9(17)15-11(13)16-10(8)19;1-2/h6-7,18H,3-5,21H2,1-2H3,(H3,13,15,16,19);1-2H3/t7-,12-;/m1./s1. The van der Waals surface area contributed by atoms with E-state index in [9.17, 15) is 9.90 Å². The Labute approximate surface area is 137 Å². The van der Waals surface area contributed by atoms with Crippen molar-refractivity contribution in [2.45, 2.75) is 45.9 Å². The third kappa shape index (κ3) is 4.07. The maximum absolute atomic E-state index is 11.8. The van der Waals surface area contributed by atoms with Crippen molar-refractivity contribution in [3.8, 4) is 0 Å². The van der Waals surface area contributed by atoms with Gasteiger partial charge in [-0.3, -0.25) is 14.3 Å². The molecule has 0 spiro atoms. The summed E-state index contributed by atoms with van der Waals surface area (Å²) in [6.07, 6.45) is 2.28. The van der Waals surface area contributed by atoms with Gasteiger partial charge >= 0.3 is 0 Å². The van der Waals surface area contributed by atoms with Gasteiger partial charge in [0, 0.05) is 0 Å². The Bertz CT molecular complexity index is 672. The molecule has 1 unspecified atom stereocenters. The highest BCUT2D eigenvalue weighted by Gasteiger charge is 2.30. The van der Waals surface area contributed by atoms with Gasteiger partial charge in [0.2, 0.25) is 5.95 Å². The van der Waals surface area contributed by atoms with Crippen LogP contribution in [0.25, 0.3) is 11.2 Å². The van der Waals surface area contributed by atoms with Gasteiger partial charge < -0.3 is 15.6 Å². The number of aromatic amines is 1. The van der Waals surface area contributed by atoms with Crippen LogP contribution in [-0.2, 0) is 4.74 Å². The van der Waals surface area contributed by atoms with Gasteiger partial charge in [0.15, 0.2) is 11.2 Å². The Balaban J connectivity index is 0.00000127. The van der Waals surface area contributed by atoms with Crippen LogP contribution in [-0.4, -0.2) is 43.0 Å². The molecule has 23 heavy (non-hydrogen) atoms. The molecule has 2 aromatic rings. The summed E-state index contributed by atoms with van der Waals surface area (Å²) in [5.74, 6) is 0.0245. The fourth-order valence-electron chi connectivity index (χ4n) is 2.12. The summed E-state index contributed by atoms with van der Waals surface area (Å²) in [4.78, 5) is 22.3. The predicted octanol–water partition coefficient (Wildman–Crippen LogP) is 1.28. The Kier molecular flexibility index (Phi) is 7.12. The minimum atomic E-state index is -0.659. The molecule has 9 heteroatoms. The van der Waals surface area contributed by atoms with Crippen molar-refractivity contribution < 1.29 is 9.84 Å². The number of hydrogen-bond acceptors (Lipinski definition) is 6. The number of fused-ring (bicyclic) bond motifs is 1. The van der Waals surface area contributed by atoms with Gasteiger partial charge in [-0.25, -0.2) is 4.98 Å². The molecule has 0 saturated heterocycles. The first kappa shape index (κ1) is 19.5. The van der Waals surface area contributed by atoms with E-state index in [1.165, 1.54) is 6.33 Å². The zero-order valence-corrected chi connectivity index (χ0v) is 15.2. The van der Waals surface area contributed by atoms with Gasteiger partial charge in [0.05, 0.1) is 18.5 Å². The molecular formula is C14H26N5O3P. The molecule has 0 aliphatic carbocycles. The van der Waals surface area contributed by atoms with E-state index in [4.69, 9.17) is 10.5 Å². The topological polar surface area (TPSA) is 119 Å². The number of rotatable bonds is 6. The van der Waals surface area contributed by atoms with Crippen molar-refractivity contribution in [2.24, 2.45) is 0 Å². The fourth-order valence-corrected chi connectivity index (χ4v) is 2.63. The van der Waals surface area contributed by atoms with Gasteiger partial charge in [-0.1, -0.05) is 20.8 Å². The molecule has 2 heterocycles. The number of aromatic nitrogens is 4. The minimum absolute atomic E-state index is 0.0245. The quantitative estimate of drug-likeness (QED) is 0.680. The van der Waals surface area contributed by atoms with Crippen LogP contribution in [0, 0.1) is 0 Å². The fraction of sp³-hybridized carbons (Fsp3) is 0.643. The van der Waals surface area contributed by atoms with E-state index >= 15 is 0 Å². The zero-order valence-electron chi connectivity index (χ0n) is 14.0. The first-order valence-corrected chi connectivity index (χ1v) is 8.49. The van der Waals surface area contributed by atoms with Gasteiger partial charge in [-0.15, -0.1) is 9.24 Å². The summed E-state index contributed by atoms with van der Waals surface area (Å²) in [5, 5.41) is 9.57. The average Bonchev–Trinajstić information content (AvgIpc) is 2.98. The van der Waals surface area contributed by atoms with Crippen molar-refractivity contribution >= 4 is 26.4 Å². The molecule has 2 aromatic heterocycles. The smallest absolute Gasteiger partial charge is 0.280 e. The van der Waals surface area contributed by atoms with Crippen LogP contribution in [0.1, 0.15) is 40.3 Å². The van der Waals surface area contributed by atoms with E-state index < -0.39 is 17.4 Å². The number of nitrogens with zero attached hydrogens (tertiary/aromatic N) is 3. The van der Waals surface area contributed by atoms with Crippen LogP contribution >= 0.6 is 9.24 Å². The molecule has 0 fully saturated rings. The molecule has 0 aromatic carbocycles. The van der Waals surface area contributed by atoms with E-state index in [-0.39, 0.29) is 18.1 Å². The first-order chi connectivity index (χ1) is 11.0. The lowest BCUT2D eigenvalue weighted by Crippen LogP contribution is -2.39. The molecule has 4 N–H and O–H groups in total.